The maximum atomic E-state index is 12.6. The van der Waals surface area contributed by atoms with Crippen LogP contribution in [0.3, 0.4) is 0 Å². The van der Waals surface area contributed by atoms with Gasteiger partial charge in [0.15, 0.2) is 0 Å². The second-order valence-corrected chi connectivity index (χ2v) is 10.1. The summed E-state index contributed by atoms with van der Waals surface area (Å²) in [5.41, 5.74) is 4.24. The molecule has 6 heteroatoms. The average Bonchev–Trinajstić information content (AvgIpc) is 3.43. The topological polar surface area (TPSA) is 79.2 Å². The number of benzene rings is 2. The van der Waals surface area contributed by atoms with E-state index in [2.05, 4.69) is 44.5 Å². The minimum absolute atomic E-state index is 0.0579. The molecule has 33 heavy (non-hydrogen) atoms. The minimum Gasteiger partial charge on any atom is -0.392 e. The highest BCUT2D eigenvalue weighted by Gasteiger charge is 2.53. The van der Waals surface area contributed by atoms with E-state index in [1.54, 1.807) is 0 Å². The molecule has 3 N–H and O–H groups in total. The van der Waals surface area contributed by atoms with Crippen LogP contribution in [0.4, 0.5) is 10.5 Å². The predicted molar refractivity (Wildman–Crippen MR) is 128 cm³/mol. The van der Waals surface area contributed by atoms with Crippen molar-refractivity contribution in [1.29, 1.82) is 0 Å². The van der Waals surface area contributed by atoms with E-state index in [0.717, 1.165) is 49.9 Å². The molecule has 1 aliphatic heterocycles. The number of carbonyl (C=O) groups is 1. The number of para-hydroxylation sites is 1. The highest BCUT2D eigenvalue weighted by atomic mass is 16.3. The van der Waals surface area contributed by atoms with Crippen molar-refractivity contribution in [2.45, 2.75) is 62.6 Å². The fraction of sp³-hybridized carbons (Fsp3) is 0.407. The summed E-state index contributed by atoms with van der Waals surface area (Å²) in [6.07, 6.45) is 9.76. The normalized spacial score (nSPS) is 28.1. The monoisotopic (exact) mass is 442 g/mol. The minimum atomic E-state index is -0.375. The van der Waals surface area contributed by atoms with Crippen LogP contribution in [-0.2, 0) is 0 Å². The van der Waals surface area contributed by atoms with Crippen LogP contribution in [0.15, 0.2) is 67.1 Å². The summed E-state index contributed by atoms with van der Waals surface area (Å²) in [7, 11) is 0. The van der Waals surface area contributed by atoms with Crippen molar-refractivity contribution in [3.63, 3.8) is 0 Å². The lowest BCUT2D eigenvalue weighted by molar-refractivity contribution is -0.0732. The zero-order valence-corrected chi connectivity index (χ0v) is 18.7. The van der Waals surface area contributed by atoms with Crippen LogP contribution < -0.4 is 10.6 Å². The third-order valence-electron chi connectivity index (χ3n) is 8.47. The Morgan fingerprint density at radius 2 is 1.73 bits per heavy atom. The first-order valence-electron chi connectivity index (χ1n) is 12.0. The van der Waals surface area contributed by atoms with E-state index in [9.17, 15) is 9.90 Å². The van der Waals surface area contributed by atoms with Crippen molar-refractivity contribution in [3.05, 3.63) is 72.7 Å². The van der Waals surface area contributed by atoms with Gasteiger partial charge in [0.25, 0.3) is 0 Å². The molecule has 1 aromatic heterocycles. The fourth-order valence-electron chi connectivity index (χ4n) is 6.46. The molecule has 2 unspecified atom stereocenters. The SMILES string of the molecule is O=C(Nc1ccccc1)NC12CCC(C(O)CC3c4ccccc4-c4cncn43)(CC1)CC2. The van der Waals surface area contributed by atoms with Crippen LogP contribution >= 0.6 is 0 Å². The Hall–Kier alpha value is -3.12. The summed E-state index contributed by atoms with van der Waals surface area (Å²) < 4.78 is 2.22. The first-order valence-corrected chi connectivity index (χ1v) is 12.0. The molecule has 2 heterocycles. The van der Waals surface area contributed by atoms with Gasteiger partial charge in [-0.05, 0) is 68.1 Å². The number of nitrogens with one attached hydrogen (secondary N) is 2. The Kier molecular flexibility index (Phi) is 4.80. The molecule has 3 aromatic rings. The van der Waals surface area contributed by atoms with Crippen molar-refractivity contribution in [2.75, 3.05) is 5.32 Å². The number of amides is 2. The van der Waals surface area contributed by atoms with Gasteiger partial charge >= 0.3 is 6.03 Å². The van der Waals surface area contributed by atoms with E-state index in [1.807, 2.05) is 42.9 Å². The predicted octanol–water partition coefficient (Wildman–Crippen LogP) is 5.12. The van der Waals surface area contributed by atoms with E-state index in [4.69, 9.17) is 0 Å². The molecule has 0 radical (unpaired) electrons. The molecule has 3 saturated carbocycles. The quantitative estimate of drug-likeness (QED) is 0.513. The van der Waals surface area contributed by atoms with Gasteiger partial charge in [0, 0.05) is 16.8 Å². The number of rotatable bonds is 5. The van der Waals surface area contributed by atoms with Gasteiger partial charge in [0.05, 0.1) is 30.4 Å². The number of imidazole rings is 1. The van der Waals surface area contributed by atoms with Crippen LogP contribution in [0.25, 0.3) is 11.3 Å². The number of fused-ring (bicyclic) bond motifs is 6. The smallest absolute Gasteiger partial charge is 0.319 e. The fourth-order valence-corrected chi connectivity index (χ4v) is 6.46. The lowest BCUT2D eigenvalue weighted by atomic mass is 9.54. The number of aliphatic hydroxyl groups is 1. The third kappa shape index (κ3) is 3.44. The number of aliphatic hydroxyl groups excluding tert-OH is 1. The molecule has 4 aliphatic rings. The van der Waals surface area contributed by atoms with Gasteiger partial charge in [-0.25, -0.2) is 9.78 Å². The van der Waals surface area contributed by atoms with Gasteiger partial charge in [-0.3, -0.25) is 0 Å². The molecule has 3 fully saturated rings. The zero-order valence-electron chi connectivity index (χ0n) is 18.7. The molecule has 170 valence electrons. The second-order valence-electron chi connectivity index (χ2n) is 10.1. The average molecular weight is 443 g/mol. The van der Waals surface area contributed by atoms with Crippen LogP contribution in [0.2, 0.25) is 0 Å². The Balaban J connectivity index is 1.13. The van der Waals surface area contributed by atoms with E-state index >= 15 is 0 Å². The van der Waals surface area contributed by atoms with Crippen LogP contribution in [0.1, 0.15) is 56.6 Å². The number of carbonyl (C=O) groups excluding carboxylic acids is 1. The molecule has 7 rings (SSSR count). The van der Waals surface area contributed by atoms with Gasteiger partial charge < -0.3 is 20.3 Å². The van der Waals surface area contributed by atoms with Gasteiger partial charge in [0.2, 0.25) is 0 Å². The summed E-state index contributed by atoms with van der Waals surface area (Å²) in [4.78, 5) is 17.0. The van der Waals surface area contributed by atoms with E-state index in [0.29, 0.717) is 6.42 Å². The molecular weight excluding hydrogens is 412 g/mol. The van der Waals surface area contributed by atoms with Crippen LogP contribution in [0.5, 0.6) is 0 Å². The van der Waals surface area contributed by atoms with E-state index in [1.165, 1.54) is 11.1 Å². The first-order chi connectivity index (χ1) is 16.1. The van der Waals surface area contributed by atoms with Crippen molar-refractivity contribution >= 4 is 11.7 Å². The van der Waals surface area contributed by atoms with Crippen molar-refractivity contribution < 1.29 is 9.90 Å². The Labute approximate surface area is 194 Å². The number of anilines is 1. The summed E-state index contributed by atoms with van der Waals surface area (Å²) in [5, 5.41) is 17.8. The van der Waals surface area contributed by atoms with Crippen molar-refractivity contribution in [3.8, 4) is 11.3 Å². The van der Waals surface area contributed by atoms with E-state index < -0.39 is 0 Å². The lowest BCUT2D eigenvalue weighted by Gasteiger charge is -2.55. The molecule has 6 nitrogen and oxygen atoms in total. The van der Waals surface area contributed by atoms with Gasteiger partial charge in [-0.15, -0.1) is 0 Å². The molecule has 2 bridgehead atoms. The van der Waals surface area contributed by atoms with Gasteiger partial charge in [0.1, 0.15) is 0 Å². The number of hydrogen-bond donors (Lipinski definition) is 3. The third-order valence-corrected chi connectivity index (χ3v) is 8.47. The van der Waals surface area contributed by atoms with E-state index in [-0.39, 0.29) is 29.1 Å². The number of urea groups is 1. The second kappa shape index (κ2) is 7.73. The standard InChI is InChI=1S/C27H30N4O2/c32-24(16-22-20-8-4-5-9-21(20)23-17-28-18-31(22)23)26-10-13-27(14-11-26,15-12-26)30-25(33)29-19-6-2-1-3-7-19/h1-9,17-18,22,24,32H,10-16H2,(H2,29,30,33). The van der Waals surface area contributed by atoms with Gasteiger partial charge in [-0.2, -0.15) is 0 Å². The van der Waals surface area contributed by atoms with Crippen LogP contribution in [0, 0.1) is 5.41 Å². The highest BCUT2D eigenvalue weighted by molar-refractivity contribution is 5.89. The zero-order chi connectivity index (χ0) is 22.5. The first kappa shape index (κ1) is 20.5. The number of hydrogen-bond acceptors (Lipinski definition) is 3. The molecule has 3 aliphatic carbocycles. The maximum Gasteiger partial charge on any atom is 0.319 e. The summed E-state index contributed by atoms with van der Waals surface area (Å²) in [6, 6.07) is 18.0. The molecule has 2 amide bonds. The van der Waals surface area contributed by atoms with Crippen molar-refractivity contribution in [2.24, 2.45) is 5.41 Å². The highest BCUT2D eigenvalue weighted by Crippen LogP contribution is 2.56. The summed E-state index contributed by atoms with van der Waals surface area (Å²) in [6.45, 7) is 0. The molecule has 0 saturated heterocycles. The number of aromatic nitrogens is 2. The Morgan fingerprint density at radius 3 is 2.48 bits per heavy atom. The molecular formula is C27H30N4O2. The molecule has 0 spiro atoms. The summed E-state index contributed by atoms with van der Waals surface area (Å²) >= 11 is 0. The van der Waals surface area contributed by atoms with Gasteiger partial charge in [-0.1, -0.05) is 42.5 Å². The Morgan fingerprint density at radius 1 is 1.03 bits per heavy atom. The maximum absolute atomic E-state index is 12.6. The Bertz CT molecular complexity index is 1150. The summed E-state index contributed by atoms with van der Waals surface area (Å²) in [5.74, 6) is 0. The lowest BCUT2D eigenvalue weighted by Crippen LogP contribution is -2.59. The molecule has 2 aromatic carbocycles. The molecule has 2 atom stereocenters. The van der Waals surface area contributed by atoms with Crippen LogP contribution in [-0.4, -0.2) is 32.3 Å². The number of nitrogens with zero attached hydrogens (tertiary/aromatic N) is 2. The van der Waals surface area contributed by atoms with Crippen molar-refractivity contribution in [1.82, 2.24) is 14.9 Å². The largest absolute Gasteiger partial charge is 0.392 e.